The molecule has 1 aromatic heterocycles. The summed E-state index contributed by atoms with van der Waals surface area (Å²) in [4.78, 5) is 14.8. The number of carbonyl (C=O) groups excluding carboxylic acids is 1. The summed E-state index contributed by atoms with van der Waals surface area (Å²) >= 11 is 0. The molecule has 0 saturated carbocycles. The summed E-state index contributed by atoms with van der Waals surface area (Å²) < 4.78 is 16.8. The van der Waals surface area contributed by atoms with Gasteiger partial charge >= 0.3 is 0 Å². The molecule has 5 aromatic rings. The zero-order valence-corrected chi connectivity index (χ0v) is 25.1. The maximum absolute atomic E-state index is 14.5. The highest BCUT2D eigenvalue weighted by Gasteiger charge is 2.23. The Morgan fingerprint density at radius 1 is 0.884 bits per heavy atom. The van der Waals surface area contributed by atoms with E-state index in [1.165, 1.54) is 22.6 Å². The lowest BCUT2D eigenvalue weighted by Crippen LogP contribution is -2.33. The van der Waals surface area contributed by atoms with E-state index in [9.17, 15) is 9.18 Å². The van der Waals surface area contributed by atoms with Crippen molar-refractivity contribution in [3.63, 3.8) is 0 Å². The number of likely N-dealkylation sites (tertiary alicyclic amines) is 1. The second-order valence-corrected chi connectivity index (χ2v) is 12.0. The van der Waals surface area contributed by atoms with Crippen LogP contribution in [0.2, 0.25) is 0 Å². The predicted octanol–water partition coefficient (Wildman–Crippen LogP) is 8.84. The average Bonchev–Trinajstić information content (AvgIpc) is 3.36. The zero-order valence-electron chi connectivity index (χ0n) is 25.1. The molecule has 220 valence electrons. The Balaban J connectivity index is 1.18. The van der Waals surface area contributed by atoms with Crippen LogP contribution in [0, 0.1) is 11.7 Å². The molecule has 0 unspecified atom stereocenters. The number of hydrogen-bond acceptors (Lipinski definition) is 2. The van der Waals surface area contributed by atoms with Gasteiger partial charge in [-0.15, -0.1) is 0 Å². The fraction of sp³-hybridized carbons (Fsp3) is 0.289. The molecule has 0 aliphatic carbocycles. The number of para-hydroxylation sites is 2. The molecule has 4 nitrogen and oxygen atoms in total. The maximum atomic E-state index is 14.5. The highest BCUT2D eigenvalue weighted by atomic mass is 19.1. The van der Waals surface area contributed by atoms with Crippen LogP contribution in [-0.2, 0) is 11.2 Å². The van der Waals surface area contributed by atoms with E-state index in [0.29, 0.717) is 5.92 Å². The Morgan fingerprint density at radius 2 is 1.63 bits per heavy atom. The van der Waals surface area contributed by atoms with Gasteiger partial charge in [-0.1, -0.05) is 74.5 Å². The van der Waals surface area contributed by atoms with Crippen molar-refractivity contribution in [3.05, 3.63) is 120 Å². The van der Waals surface area contributed by atoms with Gasteiger partial charge in [0.05, 0.1) is 11.2 Å². The lowest BCUT2D eigenvalue weighted by molar-refractivity contribution is -0.118. The molecule has 2 heterocycles. The standard InChI is InChI=1S/C38H40FN3O/c1-27(2)38(43)40-32-14-9-11-29(26-32)28-20-23-41(24-21-28)22-10-18-35-34-17-6-7-19-36(34)42(33-15-4-3-5-16-33)37(35)30-12-8-13-31(39)25-30/h3-9,11-17,19,25-28H,10,18,20-24H2,1-2H3,(H,40,43). The van der Waals surface area contributed by atoms with Gasteiger partial charge in [0.25, 0.3) is 0 Å². The molecule has 0 radical (unpaired) electrons. The fourth-order valence-corrected chi connectivity index (χ4v) is 6.47. The third-order valence-corrected chi connectivity index (χ3v) is 8.73. The van der Waals surface area contributed by atoms with Crippen molar-refractivity contribution < 1.29 is 9.18 Å². The van der Waals surface area contributed by atoms with Gasteiger partial charge in [-0.3, -0.25) is 4.79 Å². The first-order chi connectivity index (χ1) is 21.0. The van der Waals surface area contributed by atoms with Crippen molar-refractivity contribution in [2.24, 2.45) is 5.92 Å². The number of piperidine rings is 1. The number of amides is 1. The number of rotatable bonds is 9. The van der Waals surface area contributed by atoms with Crippen molar-refractivity contribution in [3.8, 4) is 16.9 Å². The first kappa shape index (κ1) is 28.9. The van der Waals surface area contributed by atoms with Gasteiger partial charge < -0.3 is 14.8 Å². The largest absolute Gasteiger partial charge is 0.326 e. The van der Waals surface area contributed by atoms with Crippen molar-refractivity contribution in [2.75, 3.05) is 25.0 Å². The number of hydrogen-bond donors (Lipinski definition) is 1. The zero-order chi connectivity index (χ0) is 29.8. The summed E-state index contributed by atoms with van der Waals surface area (Å²) in [6, 6.07) is 34.3. The molecule has 1 aliphatic rings. The van der Waals surface area contributed by atoms with Gasteiger partial charge in [0.1, 0.15) is 5.82 Å². The lowest BCUT2D eigenvalue weighted by Gasteiger charge is -2.32. The van der Waals surface area contributed by atoms with Gasteiger partial charge in [0.2, 0.25) is 5.91 Å². The third-order valence-electron chi connectivity index (χ3n) is 8.73. The van der Waals surface area contributed by atoms with Crippen LogP contribution in [0.25, 0.3) is 27.8 Å². The maximum Gasteiger partial charge on any atom is 0.226 e. The van der Waals surface area contributed by atoms with Crippen LogP contribution in [0.4, 0.5) is 10.1 Å². The molecule has 1 amide bonds. The van der Waals surface area contributed by atoms with E-state index < -0.39 is 0 Å². The average molecular weight is 574 g/mol. The lowest BCUT2D eigenvalue weighted by atomic mass is 9.89. The second-order valence-electron chi connectivity index (χ2n) is 12.0. The van der Waals surface area contributed by atoms with E-state index >= 15 is 0 Å². The predicted molar refractivity (Wildman–Crippen MR) is 175 cm³/mol. The minimum Gasteiger partial charge on any atom is -0.326 e. The summed E-state index contributed by atoms with van der Waals surface area (Å²) in [5, 5.41) is 4.28. The van der Waals surface area contributed by atoms with Crippen LogP contribution < -0.4 is 5.32 Å². The van der Waals surface area contributed by atoms with Gasteiger partial charge in [-0.25, -0.2) is 4.39 Å². The summed E-state index contributed by atoms with van der Waals surface area (Å²) in [6.45, 7) is 6.99. The molecule has 4 aromatic carbocycles. The molecule has 0 atom stereocenters. The molecule has 1 saturated heterocycles. The quantitative estimate of drug-likeness (QED) is 0.191. The van der Waals surface area contributed by atoms with Crippen LogP contribution in [0.15, 0.2) is 103 Å². The van der Waals surface area contributed by atoms with Gasteiger partial charge in [0.15, 0.2) is 0 Å². The van der Waals surface area contributed by atoms with Gasteiger partial charge in [-0.05, 0) is 105 Å². The molecule has 6 rings (SSSR count). The summed E-state index contributed by atoms with van der Waals surface area (Å²) in [5.74, 6) is 0.311. The third kappa shape index (κ3) is 6.42. The van der Waals surface area contributed by atoms with Crippen LogP contribution in [-0.4, -0.2) is 35.0 Å². The Labute approximate surface area is 254 Å². The number of nitrogens with zero attached hydrogens (tertiary/aromatic N) is 2. The molecular weight excluding hydrogens is 533 g/mol. The SMILES string of the molecule is CC(C)C(=O)Nc1cccc(C2CCN(CCCc3c(-c4cccc(F)c4)n(-c4ccccc4)c4ccccc34)CC2)c1. The summed E-state index contributed by atoms with van der Waals surface area (Å²) in [5.41, 5.74) is 7.70. The highest BCUT2D eigenvalue weighted by Crippen LogP contribution is 2.38. The van der Waals surface area contributed by atoms with Crippen LogP contribution >= 0.6 is 0 Å². The first-order valence-corrected chi connectivity index (χ1v) is 15.5. The number of fused-ring (bicyclic) bond motifs is 1. The molecule has 5 heteroatoms. The van der Waals surface area contributed by atoms with Gasteiger partial charge in [0, 0.05) is 28.2 Å². The molecule has 1 N–H and O–H groups in total. The normalized spacial score (nSPS) is 14.4. The van der Waals surface area contributed by atoms with E-state index in [1.807, 2.05) is 32.0 Å². The fourth-order valence-electron chi connectivity index (χ4n) is 6.47. The number of carbonyl (C=O) groups is 1. The van der Waals surface area contributed by atoms with E-state index in [4.69, 9.17) is 0 Å². The number of aromatic nitrogens is 1. The first-order valence-electron chi connectivity index (χ1n) is 15.5. The molecule has 0 spiro atoms. The molecular formula is C38H40FN3O. The van der Waals surface area contributed by atoms with E-state index in [-0.39, 0.29) is 17.6 Å². The number of halogens is 1. The van der Waals surface area contributed by atoms with E-state index in [2.05, 4.69) is 81.5 Å². The van der Waals surface area contributed by atoms with Gasteiger partial charge in [-0.2, -0.15) is 0 Å². The van der Waals surface area contributed by atoms with Crippen molar-refractivity contribution in [2.45, 2.75) is 45.4 Å². The molecule has 1 fully saturated rings. The minimum absolute atomic E-state index is 0.0354. The Kier molecular flexibility index (Phi) is 8.71. The van der Waals surface area contributed by atoms with Crippen LogP contribution in [0.5, 0.6) is 0 Å². The number of nitrogens with one attached hydrogen (secondary N) is 1. The number of aryl methyl sites for hydroxylation is 1. The van der Waals surface area contributed by atoms with Crippen LogP contribution in [0.1, 0.15) is 50.2 Å². The second kappa shape index (κ2) is 13.0. The summed E-state index contributed by atoms with van der Waals surface area (Å²) in [6.07, 6.45) is 4.18. The van der Waals surface area contributed by atoms with E-state index in [0.717, 1.165) is 73.5 Å². The van der Waals surface area contributed by atoms with Crippen molar-refractivity contribution >= 4 is 22.5 Å². The smallest absolute Gasteiger partial charge is 0.226 e. The summed E-state index contributed by atoms with van der Waals surface area (Å²) in [7, 11) is 0. The molecule has 43 heavy (non-hydrogen) atoms. The van der Waals surface area contributed by atoms with Crippen molar-refractivity contribution in [1.29, 1.82) is 0 Å². The molecule has 0 bridgehead atoms. The highest BCUT2D eigenvalue weighted by molar-refractivity contribution is 5.94. The Hall–Kier alpha value is -4.22. The molecule has 1 aliphatic heterocycles. The van der Waals surface area contributed by atoms with Crippen molar-refractivity contribution in [1.82, 2.24) is 9.47 Å². The Morgan fingerprint density at radius 3 is 2.40 bits per heavy atom. The topological polar surface area (TPSA) is 37.3 Å². The monoisotopic (exact) mass is 573 g/mol. The Bertz CT molecular complexity index is 1700. The van der Waals surface area contributed by atoms with E-state index in [1.54, 1.807) is 12.1 Å². The number of anilines is 1. The minimum atomic E-state index is -0.218. The van der Waals surface area contributed by atoms with Crippen LogP contribution in [0.3, 0.4) is 0 Å². The number of benzene rings is 4.